The lowest BCUT2D eigenvalue weighted by molar-refractivity contribution is 0.374. The lowest BCUT2D eigenvalue weighted by Crippen LogP contribution is -2.28. The van der Waals surface area contributed by atoms with Crippen molar-refractivity contribution in [1.82, 2.24) is 10.2 Å². The Kier molecular flexibility index (Phi) is 4.04. The minimum atomic E-state index is 0.248. The first-order valence-corrected chi connectivity index (χ1v) is 6.45. The summed E-state index contributed by atoms with van der Waals surface area (Å²) in [5.41, 5.74) is 2.22. The molecule has 0 bridgehead atoms. The Hall–Kier alpha value is -1.32. The predicted molar refractivity (Wildman–Crippen MR) is 75.9 cm³/mol. The molecule has 2 aromatic rings. The van der Waals surface area contributed by atoms with E-state index in [1.54, 1.807) is 0 Å². The van der Waals surface area contributed by atoms with Crippen LogP contribution < -0.4 is 5.32 Å². The predicted octanol–water partition coefficient (Wildman–Crippen LogP) is 2.95. The molecule has 3 nitrogen and oxygen atoms in total. The maximum atomic E-state index is 5.94. The van der Waals surface area contributed by atoms with Gasteiger partial charge in [0.05, 0.1) is 6.04 Å². The summed E-state index contributed by atoms with van der Waals surface area (Å²) in [5.74, 6) is 1.05. The van der Waals surface area contributed by atoms with E-state index in [0.29, 0.717) is 0 Å². The SMILES string of the molecule is Cc1c(C(C)NCCN(C)C)oc2ccccc12. The zero-order valence-corrected chi connectivity index (χ0v) is 11.7. The molecule has 0 saturated heterocycles. The molecule has 1 aromatic heterocycles. The van der Waals surface area contributed by atoms with Crippen LogP contribution in [0.2, 0.25) is 0 Å². The van der Waals surface area contributed by atoms with Crippen LogP contribution in [-0.4, -0.2) is 32.1 Å². The molecular formula is C15H22N2O. The van der Waals surface area contributed by atoms with Gasteiger partial charge in [0.15, 0.2) is 0 Å². The van der Waals surface area contributed by atoms with Crippen LogP contribution in [0.25, 0.3) is 11.0 Å². The maximum absolute atomic E-state index is 5.94. The third-order valence-electron chi connectivity index (χ3n) is 3.28. The number of hydrogen-bond acceptors (Lipinski definition) is 3. The van der Waals surface area contributed by atoms with Crippen LogP contribution in [0, 0.1) is 6.92 Å². The molecule has 0 aliphatic carbocycles. The summed E-state index contributed by atoms with van der Waals surface area (Å²) in [5, 5.41) is 4.71. The first-order valence-electron chi connectivity index (χ1n) is 6.45. The molecule has 1 aromatic carbocycles. The van der Waals surface area contributed by atoms with Crippen molar-refractivity contribution in [3.8, 4) is 0 Å². The summed E-state index contributed by atoms with van der Waals surface area (Å²) in [6.45, 7) is 6.28. The summed E-state index contributed by atoms with van der Waals surface area (Å²) >= 11 is 0. The molecule has 1 heterocycles. The molecule has 98 valence electrons. The fourth-order valence-electron chi connectivity index (χ4n) is 2.20. The van der Waals surface area contributed by atoms with Gasteiger partial charge in [0.1, 0.15) is 11.3 Å². The topological polar surface area (TPSA) is 28.4 Å². The number of nitrogens with zero attached hydrogens (tertiary/aromatic N) is 1. The Morgan fingerprint density at radius 2 is 2.00 bits per heavy atom. The molecule has 2 rings (SSSR count). The molecule has 1 atom stereocenters. The number of nitrogens with one attached hydrogen (secondary N) is 1. The monoisotopic (exact) mass is 246 g/mol. The van der Waals surface area contributed by atoms with Gasteiger partial charge in [0.2, 0.25) is 0 Å². The molecule has 0 spiro atoms. The van der Waals surface area contributed by atoms with Gasteiger partial charge in [0.25, 0.3) is 0 Å². The van der Waals surface area contributed by atoms with E-state index in [-0.39, 0.29) is 6.04 Å². The average Bonchev–Trinajstić information content (AvgIpc) is 2.67. The van der Waals surface area contributed by atoms with E-state index in [2.05, 4.69) is 50.3 Å². The molecule has 3 heteroatoms. The van der Waals surface area contributed by atoms with E-state index in [4.69, 9.17) is 4.42 Å². The lowest BCUT2D eigenvalue weighted by Gasteiger charge is -2.15. The molecule has 0 amide bonds. The molecule has 0 aliphatic rings. The largest absolute Gasteiger partial charge is 0.459 e. The molecule has 0 fully saturated rings. The average molecular weight is 246 g/mol. The summed E-state index contributed by atoms with van der Waals surface area (Å²) in [4.78, 5) is 2.17. The van der Waals surface area contributed by atoms with E-state index in [1.165, 1.54) is 10.9 Å². The number of benzene rings is 1. The Morgan fingerprint density at radius 3 is 2.67 bits per heavy atom. The number of rotatable bonds is 5. The van der Waals surface area contributed by atoms with Crippen molar-refractivity contribution in [3.05, 3.63) is 35.6 Å². The number of aryl methyl sites for hydroxylation is 1. The molecule has 1 N–H and O–H groups in total. The van der Waals surface area contributed by atoms with Gasteiger partial charge in [-0.25, -0.2) is 0 Å². The van der Waals surface area contributed by atoms with E-state index in [9.17, 15) is 0 Å². The van der Waals surface area contributed by atoms with Gasteiger partial charge in [-0.1, -0.05) is 18.2 Å². The van der Waals surface area contributed by atoms with E-state index >= 15 is 0 Å². The van der Waals surface area contributed by atoms with Gasteiger partial charge in [-0.3, -0.25) is 0 Å². The maximum Gasteiger partial charge on any atom is 0.134 e. The normalized spacial score (nSPS) is 13.4. The van der Waals surface area contributed by atoms with Gasteiger partial charge in [-0.15, -0.1) is 0 Å². The summed E-state index contributed by atoms with van der Waals surface area (Å²) in [6.07, 6.45) is 0. The van der Waals surface area contributed by atoms with E-state index < -0.39 is 0 Å². The zero-order valence-electron chi connectivity index (χ0n) is 11.7. The molecule has 1 unspecified atom stereocenters. The fourth-order valence-corrected chi connectivity index (χ4v) is 2.20. The van der Waals surface area contributed by atoms with E-state index in [0.717, 1.165) is 24.4 Å². The minimum Gasteiger partial charge on any atom is -0.459 e. The Balaban J connectivity index is 2.12. The molecule has 0 aliphatic heterocycles. The molecule has 0 radical (unpaired) electrons. The fraction of sp³-hybridized carbons (Fsp3) is 0.467. The zero-order chi connectivity index (χ0) is 13.1. The lowest BCUT2D eigenvalue weighted by atomic mass is 10.1. The standard InChI is InChI=1S/C15H22N2O/c1-11-13-7-5-6-8-14(13)18-15(11)12(2)16-9-10-17(3)4/h5-8,12,16H,9-10H2,1-4H3. The van der Waals surface area contributed by atoms with Crippen LogP contribution in [0.3, 0.4) is 0 Å². The van der Waals surface area contributed by atoms with E-state index in [1.807, 2.05) is 12.1 Å². The van der Waals surface area contributed by atoms with Crippen LogP contribution in [-0.2, 0) is 0 Å². The van der Waals surface area contributed by atoms with Crippen molar-refractivity contribution in [3.63, 3.8) is 0 Å². The number of furan rings is 1. The Bertz CT molecular complexity index is 516. The Labute approximate surface area is 109 Å². The van der Waals surface area contributed by atoms with Crippen LogP contribution in [0.4, 0.5) is 0 Å². The van der Waals surface area contributed by atoms with Crippen molar-refractivity contribution < 1.29 is 4.42 Å². The number of likely N-dealkylation sites (N-methyl/N-ethyl adjacent to an activating group) is 1. The van der Waals surface area contributed by atoms with Crippen LogP contribution in [0.15, 0.2) is 28.7 Å². The van der Waals surface area contributed by atoms with Gasteiger partial charge in [-0.05, 0) is 39.6 Å². The van der Waals surface area contributed by atoms with Crippen molar-refractivity contribution in [2.45, 2.75) is 19.9 Å². The first kappa shape index (κ1) is 13.1. The quantitative estimate of drug-likeness (QED) is 0.879. The highest BCUT2D eigenvalue weighted by atomic mass is 16.3. The number of para-hydroxylation sites is 1. The van der Waals surface area contributed by atoms with Gasteiger partial charge in [0, 0.05) is 18.5 Å². The molecule has 0 saturated carbocycles. The van der Waals surface area contributed by atoms with Gasteiger partial charge >= 0.3 is 0 Å². The second kappa shape index (κ2) is 5.55. The van der Waals surface area contributed by atoms with Crippen molar-refractivity contribution in [2.75, 3.05) is 27.2 Å². The number of fused-ring (bicyclic) bond motifs is 1. The Morgan fingerprint density at radius 1 is 1.28 bits per heavy atom. The third kappa shape index (κ3) is 2.74. The molecule has 18 heavy (non-hydrogen) atoms. The second-order valence-corrected chi connectivity index (χ2v) is 5.07. The highest BCUT2D eigenvalue weighted by Gasteiger charge is 2.15. The van der Waals surface area contributed by atoms with Crippen LogP contribution >= 0.6 is 0 Å². The van der Waals surface area contributed by atoms with Crippen molar-refractivity contribution in [2.24, 2.45) is 0 Å². The third-order valence-corrected chi connectivity index (χ3v) is 3.28. The second-order valence-electron chi connectivity index (χ2n) is 5.07. The minimum absolute atomic E-state index is 0.248. The van der Waals surface area contributed by atoms with Crippen LogP contribution in [0.1, 0.15) is 24.3 Å². The summed E-state index contributed by atoms with van der Waals surface area (Å²) in [6, 6.07) is 8.46. The first-order chi connectivity index (χ1) is 8.59. The van der Waals surface area contributed by atoms with Gasteiger partial charge < -0.3 is 14.6 Å². The highest BCUT2D eigenvalue weighted by molar-refractivity contribution is 5.82. The van der Waals surface area contributed by atoms with Crippen molar-refractivity contribution >= 4 is 11.0 Å². The molecular weight excluding hydrogens is 224 g/mol. The highest BCUT2D eigenvalue weighted by Crippen LogP contribution is 2.28. The van der Waals surface area contributed by atoms with Crippen molar-refractivity contribution in [1.29, 1.82) is 0 Å². The summed E-state index contributed by atoms with van der Waals surface area (Å²) in [7, 11) is 4.16. The smallest absolute Gasteiger partial charge is 0.134 e. The number of hydrogen-bond donors (Lipinski definition) is 1. The van der Waals surface area contributed by atoms with Gasteiger partial charge in [-0.2, -0.15) is 0 Å². The van der Waals surface area contributed by atoms with Crippen LogP contribution in [0.5, 0.6) is 0 Å². The summed E-state index contributed by atoms with van der Waals surface area (Å²) < 4.78 is 5.94.